The summed E-state index contributed by atoms with van der Waals surface area (Å²) >= 11 is 0. The summed E-state index contributed by atoms with van der Waals surface area (Å²) in [6, 6.07) is 22.6. The summed E-state index contributed by atoms with van der Waals surface area (Å²) in [5, 5.41) is 2.68. The van der Waals surface area contributed by atoms with Crippen molar-refractivity contribution in [3.8, 4) is 11.1 Å². The highest BCUT2D eigenvalue weighted by atomic mass is 19.1. The highest BCUT2D eigenvalue weighted by Gasteiger charge is 2.24. The third-order valence-electron chi connectivity index (χ3n) is 5.90. The van der Waals surface area contributed by atoms with Crippen LogP contribution in [0.15, 0.2) is 94.5 Å². The molecular formula is C28H22F2N2O3. The number of halogens is 2. The maximum absolute atomic E-state index is 14.1. The summed E-state index contributed by atoms with van der Waals surface area (Å²) < 4.78 is 38.5. The highest BCUT2D eigenvalue weighted by molar-refractivity contribution is 6.02. The number of carbonyl (C=O) groups is 1. The molecule has 1 aliphatic rings. The van der Waals surface area contributed by atoms with Crippen LogP contribution in [0.5, 0.6) is 0 Å². The van der Waals surface area contributed by atoms with Gasteiger partial charge in [-0.2, -0.15) is 0 Å². The molecule has 7 heteroatoms. The van der Waals surface area contributed by atoms with Gasteiger partial charge in [-0.1, -0.05) is 42.5 Å². The van der Waals surface area contributed by atoms with Gasteiger partial charge in [0.1, 0.15) is 17.4 Å². The van der Waals surface area contributed by atoms with Crippen LogP contribution < -0.4 is 5.32 Å². The molecule has 0 spiro atoms. The van der Waals surface area contributed by atoms with Gasteiger partial charge in [0.25, 0.3) is 0 Å². The van der Waals surface area contributed by atoms with Crippen LogP contribution in [-0.4, -0.2) is 11.8 Å². The van der Waals surface area contributed by atoms with Crippen LogP contribution in [-0.2, 0) is 11.3 Å². The number of furan rings is 1. The molecule has 1 unspecified atom stereocenters. The van der Waals surface area contributed by atoms with Crippen molar-refractivity contribution < 1.29 is 22.7 Å². The third kappa shape index (κ3) is 5.14. The number of nitrogens with zero attached hydrogens (tertiary/aromatic N) is 1. The van der Waals surface area contributed by atoms with E-state index in [9.17, 15) is 13.6 Å². The molecule has 1 aromatic heterocycles. The normalized spacial score (nSPS) is 15.0. The Morgan fingerprint density at radius 2 is 1.63 bits per heavy atom. The average molecular weight is 472 g/mol. The molecule has 5 rings (SSSR count). The Labute approximate surface area is 201 Å². The van der Waals surface area contributed by atoms with E-state index in [0.717, 1.165) is 16.7 Å². The Bertz CT molecular complexity index is 1330. The van der Waals surface area contributed by atoms with Crippen LogP contribution in [0.25, 0.3) is 11.1 Å². The summed E-state index contributed by atoms with van der Waals surface area (Å²) in [7, 11) is 0. The maximum Gasteiger partial charge on any atom is 0.412 e. The molecule has 5 nitrogen and oxygen atoms in total. The molecule has 0 bridgehead atoms. The second-order valence-electron chi connectivity index (χ2n) is 8.21. The first-order chi connectivity index (χ1) is 17.1. The van der Waals surface area contributed by atoms with Crippen molar-refractivity contribution in [2.45, 2.75) is 25.5 Å². The Kier molecular flexibility index (Phi) is 6.39. The zero-order chi connectivity index (χ0) is 24.2. The Morgan fingerprint density at radius 1 is 0.943 bits per heavy atom. The lowest BCUT2D eigenvalue weighted by Gasteiger charge is -2.10. The number of carbonyl (C=O) groups excluding carboxylic acids is 1. The molecule has 0 saturated carbocycles. The topological polar surface area (TPSA) is 63.8 Å². The van der Waals surface area contributed by atoms with Gasteiger partial charge in [0, 0.05) is 11.4 Å². The van der Waals surface area contributed by atoms with E-state index in [0.29, 0.717) is 30.0 Å². The minimum Gasteiger partial charge on any atom is -0.466 e. The van der Waals surface area contributed by atoms with Crippen molar-refractivity contribution in [1.29, 1.82) is 0 Å². The van der Waals surface area contributed by atoms with Gasteiger partial charge in [-0.05, 0) is 65.9 Å². The van der Waals surface area contributed by atoms with Crippen LogP contribution in [0, 0.1) is 11.6 Å². The standard InChI is InChI=1S/C28H22F2N2O3/c29-23-4-1-5-24(30)27(23)26-15-14-25(32-26)20-8-6-18(7-9-20)19-10-12-21(13-11-19)31-28(33)35-17-22-3-2-16-34-22/h1-13,16,25H,14-15,17H2,(H,31,33). The van der Waals surface area contributed by atoms with Crippen molar-refractivity contribution >= 4 is 17.5 Å². The lowest BCUT2D eigenvalue weighted by atomic mass is 9.99. The van der Waals surface area contributed by atoms with Crippen molar-refractivity contribution in [2.24, 2.45) is 4.99 Å². The fraction of sp³-hybridized carbons (Fsp3) is 0.143. The second kappa shape index (κ2) is 9.93. The quantitative estimate of drug-likeness (QED) is 0.320. The van der Waals surface area contributed by atoms with Gasteiger partial charge in [0.2, 0.25) is 0 Å². The summed E-state index contributed by atoms with van der Waals surface area (Å²) in [6.07, 6.45) is 2.19. The molecule has 1 amide bonds. The molecule has 0 radical (unpaired) electrons. The SMILES string of the molecule is O=C(Nc1ccc(-c2ccc(C3CCC(c4c(F)cccc4F)=N3)cc2)cc1)OCc1ccco1. The lowest BCUT2D eigenvalue weighted by Crippen LogP contribution is -2.13. The van der Waals surface area contributed by atoms with Crippen LogP contribution in [0.1, 0.15) is 35.8 Å². The zero-order valence-electron chi connectivity index (χ0n) is 18.7. The smallest absolute Gasteiger partial charge is 0.412 e. The highest BCUT2D eigenvalue weighted by Crippen LogP contribution is 2.33. The zero-order valence-corrected chi connectivity index (χ0v) is 18.7. The van der Waals surface area contributed by atoms with E-state index in [4.69, 9.17) is 9.15 Å². The predicted molar refractivity (Wildman–Crippen MR) is 129 cm³/mol. The molecule has 1 aliphatic heterocycles. The molecule has 1 N–H and O–H groups in total. The minimum absolute atomic E-state index is 0.0230. The first kappa shape index (κ1) is 22.5. The van der Waals surface area contributed by atoms with E-state index >= 15 is 0 Å². The van der Waals surface area contributed by atoms with Gasteiger partial charge in [-0.3, -0.25) is 10.3 Å². The predicted octanol–water partition coefficient (Wildman–Crippen LogP) is 7.30. The average Bonchev–Trinajstić information content (AvgIpc) is 3.56. The van der Waals surface area contributed by atoms with Crippen molar-refractivity contribution in [1.82, 2.24) is 0 Å². The van der Waals surface area contributed by atoms with E-state index in [1.165, 1.54) is 24.5 Å². The molecule has 1 atom stereocenters. The Balaban J connectivity index is 1.22. The van der Waals surface area contributed by atoms with E-state index in [1.807, 2.05) is 36.4 Å². The number of aliphatic imine (C=N–C) groups is 1. The van der Waals surface area contributed by atoms with Gasteiger partial charge in [0.05, 0.1) is 17.9 Å². The van der Waals surface area contributed by atoms with E-state index in [1.54, 1.807) is 24.3 Å². The van der Waals surface area contributed by atoms with Crippen LogP contribution in [0.3, 0.4) is 0 Å². The molecular weight excluding hydrogens is 450 g/mol. The molecule has 35 heavy (non-hydrogen) atoms. The number of hydrogen-bond acceptors (Lipinski definition) is 4. The van der Waals surface area contributed by atoms with Gasteiger partial charge in [-0.25, -0.2) is 13.6 Å². The monoisotopic (exact) mass is 472 g/mol. The minimum atomic E-state index is -0.580. The fourth-order valence-electron chi connectivity index (χ4n) is 4.12. The maximum atomic E-state index is 14.1. The van der Waals surface area contributed by atoms with Crippen LogP contribution in [0.4, 0.5) is 19.3 Å². The van der Waals surface area contributed by atoms with Crippen LogP contribution >= 0.6 is 0 Å². The van der Waals surface area contributed by atoms with E-state index < -0.39 is 17.7 Å². The molecule has 4 aromatic rings. The number of ether oxygens (including phenoxy) is 1. The van der Waals surface area contributed by atoms with Gasteiger partial charge < -0.3 is 9.15 Å². The summed E-state index contributed by atoms with van der Waals surface area (Å²) in [5.74, 6) is -0.593. The summed E-state index contributed by atoms with van der Waals surface area (Å²) in [5.41, 5.74) is 4.05. The van der Waals surface area contributed by atoms with Crippen molar-refractivity contribution in [3.63, 3.8) is 0 Å². The number of anilines is 1. The first-order valence-electron chi connectivity index (χ1n) is 11.2. The lowest BCUT2D eigenvalue weighted by molar-refractivity contribution is 0.146. The van der Waals surface area contributed by atoms with Crippen LogP contribution in [0.2, 0.25) is 0 Å². The summed E-state index contributed by atoms with van der Waals surface area (Å²) in [6.45, 7) is 0.0605. The van der Waals surface area contributed by atoms with Crippen molar-refractivity contribution in [3.05, 3.63) is 114 Å². The van der Waals surface area contributed by atoms with Gasteiger partial charge in [-0.15, -0.1) is 0 Å². The third-order valence-corrected chi connectivity index (χ3v) is 5.90. The molecule has 0 fully saturated rings. The van der Waals surface area contributed by atoms with Crippen molar-refractivity contribution in [2.75, 3.05) is 5.32 Å². The molecule has 176 valence electrons. The van der Waals surface area contributed by atoms with E-state index in [-0.39, 0.29) is 18.2 Å². The Hall–Kier alpha value is -4.26. The molecule has 2 heterocycles. The molecule has 0 saturated heterocycles. The second-order valence-corrected chi connectivity index (χ2v) is 8.21. The number of amides is 1. The summed E-state index contributed by atoms with van der Waals surface area (Å²) in [4.78, 5) is 16.6. The number of nitrogens with one attached hydrogen (secondary N) is 1. The van der Waals surface area contributed by atoms with Gasteiger partial charge >= 0.3 is 6.09 Å². The number of benzene rings is 3. The first-order valence-corrected chi connectivity index (χ1v) is 11.2. The molecule has 0 aliphatic carbocycles. The fourth-order valence-corrected chi connectivity index (χ4v) is 4.12. The molecule has 3 aromatic carbocycles. The Morgan fingerprint density at radius 3 is 2.29 bits per heavy atom. The number of hydrogen-bond donors (Lipinski definition) is 1. The number of rotatable bonds is 6. The van der Waals surface area contributed by atoms with E-state index in [2.05, 4.69) is 10.3 Å². The largest absolute Gasteiger partial charge is 0.466 e. The van der Waals surface area contributed by atoms with Gasteiger partial charge in [0.15, 0.2) is 6.61 Å².